The van der Waals surface area contributed by atoms with Gasteiger partial charge in [-0.1, -0.05) is 0 Å². The summed E-state index contributed by atoms with van der Waals surface area (Å²) >= 11 is 5.39. The van der Waals surface area contributed by atoms with Gasteiger partial charge in [0.25, 0.3) is 5.91 Å². The second-order valence-corrected chi connectivity index (χ2v) is 4.15. The molecule has 0 N–H and O–H groups in total. The second-order valence-electron chi connectivity index (χ2n) is 3.77. The minimum atomic E-state index is -1.23. The molecule has 0 aliphatic rings. The van der Waals surface area contributed by atoms with Crippen LogP contribution in [0.15, 0.2) is 12.1 Å². The van der Waals surface area contributed by atoms with E-state index in [4.69, 9.17) is 16.3 Å². The summed E-state index contributed by atoms with van der Waals surface area (Å²) in [6.45, 7) is 0.661. The molecule has 106 valence electrons. The number of hydrogen-bond acceptors (Lipinski definition) is 2. The molecule has 19 heavy (non-hydrogen) atoms. The zero-order valence-corrected chi connectivity index (χ0v) is 11.0. The summed E-state index contributed by atoms with van der Waals surface area (Å²) in [4.78, 5) is 12.9. The SMILES string of the molecule is CN(CCOCCCl)C(=O)c1c(F)cc(F)cc1F. The summed E-state index contributed by atoms with van der Waals surface area (Å²) in [7, 11) is 1.37. The molecule has 0 radical (unpaired) electrons. The van der Waals surface area contributed by atoms with Gasteiger partial charge in [0.1, 0.15) is 23.0 Å². The summed E-state index contributed by atoms with van der Waals surface area (Å²) in [6, 6.07) is 0.933. The van der Waals surface area contributed by atoms with Crippen LogP contribution in [0.3, 0.4) is 0 Å². The van der Waals surface area contributed by atoms with E-state index in [1.165, 1.54) is 7.05 Å². The van der Waals surface area contributed by atoms with Crippen LogP contribution < -0.4 is 0 Å². The quantitative estimate of drug-likeness (QED) is 0.596. The molecule has 3 nitrogen and oxygen atoms in total. The Morgan fingerprint density at radius 2 is 1.84 bits per heavy atom. The monoisotopic (exact) mass is 295 g/mol. The van der Waals surface area contributed by atoms with Crippen LogP contribution in [0.2, 0.25) is 0 Å². The van der Waals surface area contributed by atoms with Crippen LogP contribution in [0.5, 0.6) is 0 Å². The molecule has 0 aliphatic heterocycles. The van der Waals surface area contributed by atoms with Crippen molar-refractivity contribution < 1.29 is 22.7 Å². The van der Waals surface area contributed by atoms with Gasteiger partial charge in [-0.05, 0) is 0 Å². The highest BCUT2D eigenvalue weighted by Crippen LogP contribution is 2.16. The van der Waals surface area contributed by atoms with Crippen LogP contribution in [0, 0.1) is 17.5 Å². The Kier molecular flexibility index (Phi) is 6.11. The van der Waals surface area contributed by atoms with Crippen LogP contribution in [-0.2, 0) is 4.74 Å². The Balaban J connectivity index is 2.72. The zero-order valence-electron chi connectivity index (χ0n) is 10.3. The number of rotatable bonds is 6. The molecule has 1 aromatic rings. The summed E-state index contributed by atoms with van der Waals surface area (Å²) in [5, 5.41) is 0. The van der Waals surface area contributed by atoms with Gasteiger partial charge < -0.3 is 9.64 Å². The van der Waals surface area contributed by atoms with Crippen LogP contribution in [0.1, 0.15) is 10.4 Å². The Hall–Kier alpha value is -1.27. The van der Waals surface area contributed by atoms with Gasteiger partial charge in [-0.2, -0.15) is 0 Å². The fourth-order valence-electron chi connectivity index (χ4n) is 1.40. The van der Waals surface area contributed by atoms with Gasteiger partial charge in [0.05, 0.1) is 13.2 Å². The van der Waals surface area contributed by atoms with Gasteiger partial charge in [0, 0.05) is 31.6 Å². The smallest absolute Gasteiger partial charge is 0.259 e. The molecule has 7 heteroatoms. The predicted molar refractivity (Wildman–Crippen MR) is 64.8 cm³/mol. The van der Waals surface area contributed by atoms with Crippen LogP contribution >= 0.6 is 11.6 Å². The van der Waals surface area contributed by atoms with Crippen molar-refractivity contribution in [2.45, 2.75) is 0 Å². The Morgan fingerprint density at radius 1 is 1.26 bits per heavy atom. The Morgan fingerprint density at radius 3 is 2.37 bits per heavy atom. The lowest BCUT2D eigenvalue weighted by molar-refractivity contribution is 0.0702. The highest BCUT2D eigenvalue weighted by molar-refractivity contribution is 6.17. The average Bonchev–Trinajstić information content (AvgIpc) is 2.33. The molecule has 0 unspecified atom stereocenters. The fourth-order valence-corrected chi connectivity index (χ4v) is 1.51. The standard InChI is InChI=1S/C12H13ClF3NO2/c1-17(3-5-19-4-2-13)12(18)11-9(15)6-8(14)7-10(11)16/h6-7H,2-5H2,1H3. The first kappa shape index (κ1) is 15.8. The maximum absolute atomic E-state index is 13.4. The lowest BCUT2D eigenvalue weighted by Gasteiger charge is -2.17. The maximum Gasteiger partial charge on any atom is 0.259 e. The lowest BCUT2D eigenvalue weighted by atomic mass is 10.1. The Labute approximate surface area is 113 Å². The topological polar surface area (TPSA) is 29.5 Å². The average molecular weight is 296 g/mol. The van der Waals surface area contributed by atoms with E-state index >= 15 is 0 Å². The van der Waals surface area contributed by atoms with E-state index in [9.17, 15) is 18.0 Å². The van der Waals surface area contributed by atoms with E-state index in [0.29, 0.717) is 24.6 Å². The van der Waals surface area contributed by atoms with E-state index in [2.05, 4.69) is 0 Å². The third-order valence-electron chi connectivity index (χ3n) is 2.36. The van der Waals surface area contributed by atoms with Gasteiger partial charge in [-0.25, -0.2) is 13.2 Å². The zero-order chi connectivity index (χ0) is 14.4. The van der Waals surface area contributed by atoms with E-state index < -0.39 is 28.9 Å². The summed E-state index contributed by atoms with van der Waals surface area (Å²) < 4.78 is 44.5. The van der Waals surface area contributed by atoms with Gasteiger partial charge in [0.15, 0.2) is 0 Å². The van der Waals surface area contributed by atoms with Crippen molar-refractivity contribution in [3.63, 3.8) is 0 Å². The molecular weight excluding hydrogens is 283 g/mol. The number of benzene rings is 1. The molecule has 0 aliphatic carbocycles. The molecule has 0 aromatic heterocycles. The van der Waals surface area contributed by atoms with Crippen LogP contribution in [-0.4, -0.2) is 43.5 Å². The molecule has 0 saturated carbocycles. The molecule has 1 amide bonds. The third kappa shape index (κ3) is 4.40. The number of halogens is 4. The minimum Gasteiger partial charge on any atom is -0.378 e. The maximum atomic E-state index is 13.4. The van der Waals surface area contributed by atoms with Gasteiger partial charge in [-0.3, -0.25) is 4.79 Å². The molecule has 0 heterocycles. The second kappa shape index (κ2) is 7.35. The number of ether oxygens (including phenoxy) is 1. The van der Waals surface area contributed by atoms with Crippen molar-refractivity contribution >= 4 is 17.5 Å². The van der Waals surface area contributed by atoms with E-state index in [1.807, 2.05) is 0 Å². The molecule has 0 spiro atoms. The van der Waals surface area contributed by atoms with Crippen LogP contribution in [0.4, 0.5) is 13.2 Å². The number of amides is 1. The van der Waals surface area contributed by atoms with Gasteiger partial charge in [0.2, 0.25) is 0 Å². The lowest BCUT2D eigenvalue weighted by Crippen LogP contribution is -2.31. The Bertz CT molecular complexity index is 434. The summed E-state index contributed by atoms with van der Waals surface area (Å²) in [6.07, 6.45) is 0. The molecule has 0 bridgehead atoms. The highest BCUT2D eigenvalue weighted by Gasteiger charge is 2.21. The first-order valence-electron chi connectivity index (χ1n) is 5.51. The summed E-state index contributed by atoms with van der Waals surface area (Å²) in [5.41, 5.74) is -0.777. The predicted octanol–water partition coefficient (Wildman–Crippen LogP) is 2.43. The number of hydrogen-bond donors (Lipinski definition) is 0. The number of nitrogens with zero attached hydrogens (tertiary/aromatic N) is 1. The number of carbonyl (C=O) groups is 1. The van der Waals surface area contributed by atoms with E-state index in [0.717, 1.165) is 4.90 Å². The van der Waals surface area contributed by atoms with Gasteiger partial charge in [-0.15, -0.1) is 11.6 Å². The largest absolute Gasteiger partial charge is 0.378 e. The summed E-state index contributed by atoms with van der Waals surface area (Å²) in [5.74, 6) is -4.07. The van der Waals surface area contributed by atoms with Crippen molar-refractivity contribution in [3.05, 3.63) is 35.1 Å². The minimum absolute atomic E-state index is 0.145. The van der Waals surface area contributed by atoms with Crippen molar-refractivity contribution in [1.82, 2.24) is 4.90 Å². The molecule has 1 aromatic carbocycles. The van der Waals surface area contributed by atoms with Crippen molar-refractivity contribution in [3.8, 4) is 0 Å². The highest BCUT2D eigenvalue weighted by atomic mass is 35.5. The fraction of sp³-hybridized carbons (Fsp3) is 0.417. The first-order chi connectivity index (χ1) is 8.97. The number of alkyl halides is 1. The molecule has 0 atom stereocenters. The molecular formula is C12H13ClF3NO2. The molecule has 0 fully saturated rings. The van der Waals surface area contributed by atoms with Crippen molar-refractivity contribution in [2.75, 3.05) is 32.7 Å². The normalized spacial score (nSPS) is 10.6. The number of likely N-dealkylation sites (N-methyl/N-ethyl adjacent to an activating group) is 1. The first-order valence-corrected chi connectivity index (χ1v) is 6.04. The third-order valence-corrected chi connectivity index (χ3v) is 2.51. The van der Waals surface area contributed by atoms with Crippen molar-refractivity contribution in [2.24, 2.45) is 0 Å². The van der Waals surface area contributed by atoms with E-state index in [1.54, 1.807) is 0 Å². The van der Waals surface area contributed by atoms with Crippen LogP contribution in [0.25, 0.3) is 0 Å². The number of carbonyl (C=O) groups excluding carboxylic acids is 1. The van der Waals surface area contributed by atoms with Crippen molar-refractivity contribution in [1.29, 1.82) is 0 Å². The molecule has 1 rings (SSSR count). The van der Waals surface area contributed by atoms with Gasteiger partial charge >= 0.3 is 0 Å². The molecule has 0 saturated heterocycles. The van der Waals surface area contributed by atoms with E-state index in [-0.39, 0.29) is 13.2 Å².